The van der Waals surface area contributed by atoms with Gasteiger partial charge in [0.1, 0.15) is 11.5 Å². The van der Waals surface area contributed by atoms with Gasteiger partial charge in [0.2, 0.25) is 0 Å². The molecule has 0 bridgehead atoms. The maximum atomic E-state index is 9.72. The Hall–Kier alpha value is -1.26. The second-order valence-corrected chi connectivity index (χ2v) is 4.16. The van der Waals surface area contributed by atoms with Gasteiger partial charge in [-0.05, 0) is 32.9 Å². The average molecular weight is 239 g/mol. The van der Waals surface area contributed by atoms with Gasteiger partial charge < -0.3 is 20.3 Å². The van der Waals surface area contributed by atoms with Gasteiger partial charge in [0, 0.05) is 18.7 Å². The highest BCUT2D eigenvalue weighted by molar-refractivity contribution is 5.44. The number of ether oxygens (including phenoxy) is 1. The number of phenols is 2. The van der Waals surface area contributed by atoms with Gasteiger partial charge in [-0.1, -0.05) is 6.07 Å². The molecule has 96 valence electrons. The van der Waals surface area contributed by atoms with E-state index in [-0.39, 0.29) is 23.6 Å². The number of aromatic hydroxyl groups is 2. The van der Waals surface area contributed by atoms with Crippen LogP contribution in [-0.4, -0.2) is 29.5 Å². The monoisotopic (exact) mass is 239 g/mol. The molecule has 1 aromatic carbocycles. The predicted molar refractivity (Wildman–Crippen MR) is 67.3 cm³/mol. The van der Waals surface area contributed by atoms with E-state index in [0.717, 1.165) is 0 Å². The fourth-order valence-electron chi connectivity index (χ4n) is 1.84. The molecule has 0 saturated carbocycles. The smallest absolute Gasteiger partial charge is 0.124 e. The lowest BCUT2D eigenvalue weighted by Gasteiger charge is -2.21. The number of benzene rings is 1. The van der Waals surface area contributed by atoms with Crippen LogP contribution in [0.3, 0.4) is 0 Å². The summed E-state index contributed by atoms with van der Waals surface area (Å²) in [5.74, 6) is 0.210. The number of phenolic OH excluding ortho intramolecular Hbond substituents is 2. The Balaban J connectivity index is 2.66. The molecule has 0 saturated heterocycles. The van der Waals surface area contributed by atoms with Crippen LogP contribution in [0.4, 0.5) is 0 Å². The summed E-state index contributed by atoms with van der Waals surface area (Å²) in [4.78, 5) is 0. The molecule has 0 amide bonds. The highest BCUT2D eigenvalue weighted by atomic mass is 16.5. The van der Waals surface area contributed by atoms with Gasteiger partial charge in [-0.2, -0.15) is 0 Å². The van der Waals surface area contributed by atoms with Crippen LogP contribution in [0.15, 0.2) is 18.2 Å². The van der Waals surface area contributed by atoms with Gasteiger partial charge in [0.05, 0.1) is 12.2 Å². The minimum atomic E-state index is -0.133. The molecule has 1 rings (SSSR count). The molecule has 4 heteroatoms. The summed E-state index contributed by atoms with van der Waals surface area (Å²) in [5.41, 5.74) is 0.524. The second-order valence-electron chi connectivity index (χ2n) is 4.16. The fourth-order valence-corrected chi connectivity index (χ4v) is 1.84. The van der Waals surface area contributed by atoms with Crippen molar-refractivity contribution in [3.05, 3.63) is 23.8 Å². The third kappa shape index (κ3) is 3.91. The highest BCUT2D eigenvalue weighted by Crippen LogP contribution is 2.32. The maximum Gasteiger partial charge on any atom is 0.124 e. The normalized spacial score (nSPS) is 14.5. The molecule has 0 aliphatic rings. The third-order valence-corrected chi connectivity index (χ3v) is 2.60. The molecule has 0 radical (unpaired) electrons. The zero-order chi connectivity index (χ0) is 12.8. The number of hydrogen-bond donors (Lipinski definition) is 3. The second kappa shape index (κ2) is 6.47. The van der Waals surface area contributed by atoms with Crippen LogP contribution in [0.25, 0.3) is 0 Å². The first kappa shape index (κ1) is 13.8. The first-order valence-electron chi connectivity index (χ1n) is 5.90. The van der Waals surface area contributed by atoms with Gasteiger partial charge in [0.25, 0.3) is 0 Å². The molecule has 1 aromatic rings. The zero-order valence-corrected chi connectivity index (χ0v) is 10.6. The summed E-state index contributed by atoms with van der Waals surface area (Å²) in [6, 6.07) is 4.78. The summed E-state index contributed by atoms with van der Waals surface area (Å²) in [6.45, 7) is 7.14. The minimum absolute atomic E-state index is 0.105. The topological polar surface area (TPSA) is 61.7 Å². The molecule has 4 nitrogen and oxygen atoms in total. The summed E-state index contributed by atoms with van der Waals surface area (Å²) in [6.07, 6.45) is 0. The first-order chi connectivity index (χ1) is 8.06. The van der Waals surface area contributed by atoms with Crippen LogP contribution in [0.2, 0.25) is 0 Å². The average Bonchev–Trinajstić information content (AvgIpc) is 2.26. The van der Waals surface area contributed by atoms with Gasteiger partial charge >= 0.3 is 0 Å². The molecule has 3 N–H and O–H groups in total. The van der Waals surface area contributed by atoms with Gasteiger partial charge in [-0.25, -0.2) is 0 Å². The van der Waals surface area contributed by atoms with Crippen molar-refractivity contribution >= 4 is 0 Å². The molecule has 0 fully saturated rings. The number of rotatable bonds is 6. The third-order valence-electron chi connectivity index (χ3n) is 2.60. The molecule has 0 aliphatic heterocycles. The van der Waals surface area contributed by atoms with Crippen molar-refractivity contribution in [3.63, 3.8) is 0 Å². The predicted octanol–water partition coefficient (Wildman–Crippen LogP) is 2.17. The largest absolute Gasteiger partial charge is 0.507 e. The standard InChI is InChI=1S/C13H21NO3/c1-4-17-8-9(2)14-10(3)13-11(15)6-5-7-12(13)16/h5-7,9-10,14-16H,4,8H2,1-3H3. The van der Waals surface area contributed by atoms with E-state index >= 15 is 0 Å². The van der Waals surface area contributed by atoms with Crippen molar-refractivity contribution in [1.29, 1.82) is 0 Å². The lowest BCUT2D eigenvalue weighted by Crippen LogP contribution is -2.32. The maximum absolute atomic E-state index is 9.72. The molecular formula is C13H21NO3. The van der Waals surface area contributed by atoms with Crippen LogP contribution in [-0.2, 0) is 4.74 Å². The molecule has 0 heterocycles. The van der Waals surface area contributed by atoms with Gasteiger partial charge in [-0.15, -0.1) is 0 Å². The Morgan fingerprint density at radius 3 is 2.35 bits per heavy atom. The molecule has 0 aliphatic carbocycles. The Bertz CT molecular complexity index is 334. The Kier molecular flexibility index (Phi) is 5.25. The fraction of sp³-hybridized carbons (Fsp3) is 0.538. The molecule has 2 atom stereocenters. The van der Waals surface area contributed by atoms with E-state index in [0.29, 0.717) is 18.8 Å². The number of hydrogen-bond acceptors (Lipinski definition) is 4. The van der Waals surface area contributed by atoms with E-state index in [1.54, 1.807) is 18.2 Å². The Morgan fingerprint density at radius 2 is 1.82 bits per heavy atom. The van der Waals surface area contributed by atoms with E-state index in [1.807, 2.05) is 20.8 Å². The summed E-state index contributed by atoms with van der Waals surface area (Å²) >= 11 is 0. The van der Waals surface area contributed by atoms with Crippen LogP contribution < -0.4 is 5.32 Å². The molecule has 2 unspecified atom stereocenters. The lowest BCUT2D eigenvalue weighted by atomic mass is 10.1. The summed E-state index contributed by atoms with van der Waals surface area (Å²) in [7, 11) is 0. The van der Waals surface area contributed by atoms with Crippen molar-refractivity contribution in [2.75, 3.05) is 13.2 Å². The van der Waals surface area contributed by atoms with Crippen molar-refractivity contribution in [2.24, 2.45) is 0 Å². The van der Waals surface area contributed by atoms with E-state index in [2.05, 4.69) is 5.32 Å². The summed E-state index contributed by atoms with van der Waals surface area (Å²) < 4.78 is 5.31. The van der Waals surface area contributed by atoms with E-state index in [1.165, 1.54) is 0 Å². The summed E-state index contributed by atoms with van der Waals surface area (Å²) in [5, 5.41) is 22.7. The Morgan fingerprint density at radius 1 is 1.24 bits per heavy atom. The van der Waals surface area contributed by atoms with E-state index < -0.39 is 0 Å². The van der Waals surface area contributed by atoms with Crippen molar-refractivity contribution < 1.29 is 14.9 Å². The lowest BCUT2D eigenvalue weighted by molar-refractivity contribution is 0.124. The highest BCUT2D eigenvalue weighted by Gasteiger charge is 2.16. The molecular weight excluding hydrogens is 218 g/mol. The van der Waals surface area contributed by atoms with Gasteiger partial charge in [-0.3, -0.25) is 0 Å². The van der Waals surface area contributed by atoms with Crippen LogP contribution in [0.5, 0.6) is 11.5 Å². The van der Waals surface area contributed by atoms with Crippen LogP contribution in [0, 0.1) is 0 Å². The van der Waals surface area contributed by atoms with Crippen molar-refractivity contribution in [2.45, 2.75) is 32.9 Å². The number of nitrogens with one attached hydrogen (secondary N) is 1. The molecule has 17 heavy (non-hydrogen) atoms. The molecule has 0 spiro atoms. The SMILES string of the molecule is CCOCC(C)NC(C)c1c(O)cccc1O. The van der Waals surface area contributed by atoms with Crippen LogP contribution >= 0.6 is 0 Å². The first-order valence-corrected chi connectivity index (χ1v) is 5.90. The molecule has 0 aromatic heterocycles. The van der Waals surface area contributed by atoms with E-state index in [9.17, 15) is 10.2 Å². The minimum Gasteiger partial charge on any atom is -0.507 e. The van der Waals surface area contributed by atoms with Crippen molar-refractivity contribution in [1.82, 2.24) is 5.32 Å². The zero-order valence-electron chi connectivity index (χ0n) is 10.6. The van der Waals surface area contributed by atoms with Crippen molar-refractivity contribution in [3.8, 4) is 11.5 Å². The van der Waals surface area contributed by atoms with Gasteiger partial charge in [0.15, 0.2) is 0 Å². The van der Waals surface area contributed by atoms with E-state index in [4.69, 9.17) is 4.74 Å². The Labute approximate surface area is 102 Å². The quantitative estimate of drug-likeness (QED) is 0.712. The van der Waals surface area contributed by atoms with Crippen LogP contribution in [0.1, 0.15) is 32.4 Å².